The first-order valence-electron chi connectivity index (χ1n) is 10.1. The standard InChI is InChI=1S/C23H23N3O4S/c1-3-15-10-16-11-20-21(30-9-8-29-20)12-19(16)26-23(15)31-13-22(28)25-18-6-4-17(5-7-18)24-14(2)27/h4-7,10-12H,3,8-9,13H2,1-2H3,(H,24,27)(H,25,28). The number of aromatic nitrogens is 1. The van der Waals surface area contributed by atoms with E-state index in [2.05, 4.69) is 23.6 Å². The molecule has 8 heteroatoms. The third-order valence-corrected chi connectivity index (χ3v) is 5.76. The lowest BCUT2D eigenvalue weighted by Gasteiger charge is -2.19. The Morgan fingerprint density at radius 2 is 1.65 bits per heavy atom. The number of nitrogens with zero attached hydrogens (tertiary/aromatic N) is 1. The van der Waals surface area contributed by atoms with E-state index in [9.17, 15) is 9.59 Å². The lowest BCUT2D eigenvalue weighted by Crippen LogP contribution is -2.15. The third kappa shape index (κ3) is 5.08. The monoisotopic (exact) mass is 437 g/mol. The van der Waals surface area contributed by atoms with E-state index in [-0.39, 0.29) is 17.6 Å². The Balaban J connectivity index is 1.45. The van der Waals surface area contributed by atoms with Crippen LogP contribution < -0.4 is 20.1 Å². The zero-order valence-electron chi connectivity index (χ0n) is 17.4. The van der Waals surface area contributed by atoms with Crippen LogP contribution in [0, 0.1) is 0 Å². The van der Waals surface area contributed by atoms with Crippen LogP contribution in [0.15, 0.2) is 47.5 Å². The lowest BCUT2D eigenvalue weighted by atomic mass is 10.1. The highest BCUT2D eigenvalue weighted by atomic mass is 32.2. The Morgan fingerprint density at radius 1 is 1.00 bits per heavy atom. The van der Waals surface area contributed by atoms with E-state index in [1.807, 2.05) is 12.1 Å². The summed E-state index contributed by atoms with van der Waals surface area (Å²) < 4.78 is 11.3. The largest absolute Gasteiger partial charge is 0.486 e. The number of anilines is 2. The van der Waals surface area contributed by atoms with Gasteiger partial charge in [-0.05, 0) is 48.4 Å². The molecule has 0 spiro atoms. The molecule has 31 heavy (non-hydrogen) atoms. The molecule has 0 aliphatic carbocycles. The van der Waals surface area contributed by atoms with E-state index < -0.39 is 0 Å². The van der Waals surface area contributed by atoms with Crippen molar-refractivity contribution < 1.29 is 19.1 Å². The highest BCUT2D eigenvalue weighted by molar-refractivity contribution is 8.00. The number of carbonyl (C=O) groups excluding carboxylic acids is 2. The number of ether oxygens (including phenoxy) is 2. The number of carbonyl (C=O) groups is 2. The van der Waals surface area contributed by atoms with Crippen molar-refractivity contribution in [1.82, 2.24) is 4.98 Å². The minimum atomic E-state index is -0.137. The van der Waals surface area contributed by atoms with E-state index in [1.165, 1.54) is 18.7 Å². The Labute approximate surface area is 184 Å². The number of benzene rings is 2. The van der Waals surface area contributed by atoms with Gasteiger partial charge in [-0.2, -0.15) is 0 Å². The zero-order valence-corrected chi connectivity index (χ0v) is 18.2. The normalized spacial score (nSPS) is 12.5. The third-order valence-electron chi connectivity index (χ3n) is 4.73. The second-order valence-corrected chi connectivity index (χ2v) is 8.05. The minimum Gasteiger partial charge on any atom is -0.486 e. The summed E-state index contributed by atoms with van der Waals surface area (Å²) in [6.07, 6.45) is 0.811. The lowest BCUT2D eigenvalue weighted by molar-refractivity contribution is -0.114. The number of aryl methyl sites for hydroxylation is 1. The Hall–Kier alpha value is -3.26. The number of pyridine rings is 1. The highest BCUT2D eigenvalue weighted by Gasteiger charge is 2.16. The maximum absolute atomic E-state index is 12.4. The Kier molecular flexibility index (Phi) is 6.27. The molecule has 0 saturated carbocycles. The van der Waals surface area contributed by atoms with E-state index in [1.54, 1.807) is 24.3 Å². The molecule has 0 unspecified atom stereocenters. The fourth-order valence-electron chi connectivity index (χ4n) is 3.29. The predicted octanol–water partition coefficient (Wildman–Crippen LogP) is 4.26. The molecule has 0 atom stereocenters. The van der Waals surface area contributed by atoms with Crippen molar-refractivity contribution in [2.45, 2.75) is 25.3 Å². The van der Waals surface area contributed by atoms with Crippen molar-refractivity contribution in [3.05, 3.63) is 48.0 Å². The fourth-order valence-corrected chi connectivity index (χ4v) is 4.18. The number of nitrogens with one attached hydrogen (secondary N) is 2. The Morgan fingerprint density at radius 3 is 2.29 bits per heavy atom. The van der Waals surface area contributed by atoms with Crippen LogP contribution in [0.2, 0.25) is 0 Å². The molecule has 0 bridgehead atoms. The van der Waals surface area contributed by atoms with E-state index in [4.69, 9.17) is 14.5 Å². The van der Waals surface area contributed by atoms with E-state index >= 15 is 0 Å². The summed E-state index contributed by atoms with van der Waals surface area (Å²) in [5.41, 5.74) is 3.26. The smallest absolute Gasteiger partial charge is 0.234 e. The number of hydrogen-bond donors (Lipinski definition) is 2. The van der Waals surface area contributed by atoms with Gasteiger partial charge in [0, 0.05) is 29.8 Å². The van der Waals surface area contributed by atoms with Crippen LogP contribution in [0.25, 0.3) is 10.9 Å². The van der Waals surface area contributed by atoms with E-state index in [0.29, 0.717) is 30.3 Å². The van der Waals surface area contributed by atoms with Crippen LogP contribution in [0.3, 0.4) is 0 Å². The quantitative estimate of drug-likeness (QED) is 0.560. The average Bonchev–Trinajstić information content (AvgIpc) is 2.76. The fraction of sp³-hybridized carbons (Fsp3) is 0.261. The van der Waals surface area contributed by atoms with Crippen LogP contribution in [-0.2, 0) is 16.0 Å². The molecule has 1 aliphatic heterocycles. The molecule has 160 valence electrons. The molecule has 0 fully saturated rings. The van der Waals surface area contributed by atoms with Gasteiger partial charge in [-0.3, -0.25) is 9.59 Å². The van der Waals surface area contributed by atoms with Crippen LogP contribution in [0.4, 0.5) is 11.4 Å². The van der Waals surface area contributed by atoms with Crippen molar-refractivity contribution in [2.24, 2.45) is 0 Å². The van der Waals surface area contributed by atoms with Gasteiger partial charge >= 0.3 is 0 Å². The van der Waals surface area contributed by atoms with Crippen LogP contribution >= 0.6 is 11.8 Å². The van der Waals surface area contributed by atoms with Crippen LogP contribution in [-0.4, -0.2) is 35.8 Å². The summed E-state index contributed by atoms with van der Waals surface area (Å²) in [5, 5.41) is 7.40. The second-order valence-electron chi connectivity index (χ2n) is 7.09. The first kappa shape index (κ1) is 21.0. The summed E-state index contributed by atoms with van der Waals surface area (Å²) in [6, 6.07) is 13.0. The van der Waals surface area contributed by atoms with Gasteiger partial charge in [-0.15, -0.1) is 0 Å². The van der Waals surface area contributed by atoms with Gasteiger partial charge in [0.2, 0.25) is 11.8 Å². The highest BCUT2D eigenvalue weighted by Crippen LogP contribution is 2.36. The number of rotatable bonds is 6. The minimum absolute atomic E-state index is 0.122. The molecular formula is C23H23N3O4S. The van der Waals surface area contributed by atoms with Crippen molar-refractivity contribution >= 4 is 45.9 Å². The maximum Gasteiger partial charge on any atom is 0.234 e. The molecule has 0 saturated heterocycles. The first-order chi connectivity index (χ1) is 15.0. The molecule has 2 amide bonds. The molecule has 1 aromatic heterocycles. The molecular weight excluding hydrogens is 414 g/mol. The number of fused-ring (bicyclic) bond motifs is 2. The van der Waals surface area contributed by atoms with Crippen LogP contribution in [0.5, 0.6) is 11.5 Å². The number of hydrogen-bond acceptors (Lipinski definition) is 6. The van der Waals surface area contributed by atoms with E-state index in [0.717, 1.165) is 33.7 Å². The van der Waals surface area contributed by atoms with Gasteiger partial charge in [0.25, 0.3) is 0 Å². The second kappa shape index (κ2) is 9.26. The summed E-state index contributed by atoms with van der Waals surface area (Å²) in [5.74, 6) is 1.42. The van der Waals surface area contributed by atoms with Gasteiger partial charge < -0.3 is 20.1 Å². The molecule has 1 aliphatic rings. The SMILES string of the molecule is CCc1cc2cc3c(cc2nc1SCC(=O)Nc1ccc(NC(C)=O)cc1)OCCO3. The molecule has 2 N–H and O–H groups in total. The first-order valence-corrected chi connectivity index (χ1v) is 11.0. The van der Waals surface area contributed by atoms with Crippen molar-refractivity contribution in [1.29, 1.82) is 0 Å². The zero-order chi connectivity index (χ0) is 21.8. The van der Waals surface area contributed by atoms with Gasteiger partial charge in [0.1, 0.15) is 18.2 Å². The summed E-state index contributed by atoms with van der Waals surface area (Å²) in [4.78, 5) is 28.3. The molecule has 2 aromatic carbocycles. The number of amides is 2. The Bertz CT molecular complexity index is 1130. The summed E-state index contributed by atoms with van der Waals surface area (Å²) in [7, 11) is 0. The van der Waals surface area contributed by atoms with Crippen molar-refractivity contribution in [3.8, 4) is 11.5 Å². The summed E-state index contributed by atoms with van der Waals surface area (Å²) >= 11 is 1.41. The molecule has 7 nitrogen and oxygen atoms in total. The topological polar surface area (TPSA) is 89.6 Å². The maximum atomic E-state index is 12.4. The van der Waals surface area contributed by atoms with Gasteiger partial charge in [-0.25, -0.2) is 4.98 Å². The molecule has 3 aromatic rings. The van der Waals surface area contributed by atoms with Crippen molar-refractivity contribution in [2.75, 3.05) is 29.6 Å². The molecule has 0 radical (unpaired) electrons. The molecule has 2 heterocycles. The predicted molar refractivity (Wildman–Crippen MR) is 122 cm³/mol. The number of thioether (sulfide) groups is 1. The van der Waals surface area contributed by atoms with Gasteiger partial charge in [0.05, 0.1) is 11.3 Å². The average molecular weight is 438 g/mol. The van der Waals surface area contributed by atoms with Gasteiger partial charge in [-0.1, -0.05) is 18.7 Å². The van der Waals surface area contributed by atoms with Crippen LogP contribution in [0.1, 0.15) is 19.4 Å². The van der Waals surface area contributed by atoms with Gasteiger partial charge in [0.15, 0.2) is 11.5 Å². The van der Waals surface area contributed by atoms with Crippen molar-refractivity contribution in [3.63, 3.8) is 0 Å². The molecule has 4 rings (SSSR count). The summed E-state index contributed by atoms with van der Waals surface area (Å²) in [6.45, 7) is 4.60.